The highest BCUT2D eigenvalue weighted by molar-refractivity contribution is 5.91. The predicted octanol–water partition coefficient (Wildman–Crippen LogP) is 8.40. The van der Waals surface area contributed by atoms with Gasteiger partial charge in [0.2, 0.25) is 5.91 Å². The molecule has 0 unspecified atom stereocenters. The van der Waals surface area contributed by atoms with E-state index in [-0.39, 0.29) is 30.0 Å². The van der Waals surface area contributed by atoms with Gasteiger partial charge in [0.15, 0.2) is 0 Å². The second-order valence-corrected chi connectivity index (χ2v) is 15.6. The molecule has 12 nitrogen and oxygen atoms in total. The van der Waals surface area contributed by atoms with Crippen LogP contribution in [0.15, 0.2) is 73.1 Å². The number of H-pyrrole nitrogens is 2. The van der Waals surface area contributed by atoms with Crippen molar-refractivity contribution in [3.05, 3.63) is 84.7 Å². The lowest BCUT2D eigenvalue weighted by Crippen LogP contribution is -2.51. The number of nitrogens with one attached hydrogen (secondary N) is 3. The van der Waals surface area contributed by atoms with E-state index in [0.29, 0.717) is 13.1 Å². The number of likely N-dealkylation sites (tertiary alicyclic amines) is 2. The highest BCUT2D eigenvalue weighted by Gasteiger charge is 2.38. The van der Waals surface area contributed by atoms with Gasteiger partial charge in [-0.15, -0.1) is 0 Å². The fraction of sp³-hybridized carbons (Fsp3) is 0.405. The van der Waals surface area contributed by atoms with E-state index in [1.54, 1.807) is 4.90 Å². The van der Waals surface area contributed by atoms with Crippen LogP contribution in [0.25, 0.3) is 44.4 Å². The van der Waals surface area contributed by atoms with Crippen LogP contribution in [0.4, 0.5) is 9.59 Å². The molecule has 0 radical (unpaired) electrons. The monoisotopic (exact) mass is 731 g/mol. The van der Waals surface area contributed by atoms with E-state index < -0.39 is 17.7 Å². The zero-order valence-corrected chi connectivity index (χ0v) is 31.8. The van der Waals surface area contributed by atoms with E-state index in [1.165, 1.54) is 7.11 Å². The molecule has 12 heteroatoms. The summed E-state index contributed by atoms with van der Waals surface area (Å²) in [6, 6.07) is 20.2. The Labute approximate surface area is 315 Å². The number of alkyl carbamates (subject to hydrolysis) is 1. The summed E-state index contributed by atoms with van der Waals surface area (Å²) in [5, 5.41) is 4.93. The van der Waals surface area contributed by atoms with Crippen molar-refractivity contribution in [3.63, 3.8) is 0 Å². The number of amides is 3. The van der Waals surface area contributed by atoms with Crippen LogP contribution in [-0.4, -0.2) is 79.7 Å². The van der Waals surface area contributed by atoms with Gasteiger partial charge in [0, 0.05) is 18.7 Å². The molecule has 0 aliphatic carbocycles. The lowest BCUT2D eigenvalue weighted by atomic mass is 9.98. The molecule has 2 saturated heterocycles. The molecule has 0 saturated carbocycles. The minimum Gasteiger partial charge on any atom is -0.453 e. The van der Waals surface area contributed by atoms with Crippen molar-refractivity contribution < 1.29 is 23.9 Å². The van der Waals surface area contributed by atoms with Crippen LogP contribution >= 0.6 is 0 Å². The first-order valence-electron chi connectivity index (χ1n) is 18.8. The fourth-order valence-corrected chi connectivity index (χ4v) is 7.52. The molecule has 2 fully saturated rings. The van der Waals surface area contributed by atoms with Crippen molar-refractivity contribution in [2.75, 3.05) is 20.2 Å². The second-order valence-electron chi connectivity index (χ2n) is 15.6. The zero-order chi connectivity index (χ0) is 38.1. The molecule has 4 heterocycles. The summed E-state index contributed by atoms with van der Waals surface area (Å²) in [6.07, 6.45) is 6.15. The van der Waals surface area contributed by atoms with Gasteiger partial charge in [-0.2, -0.15) is 0 Å². The number of rotatable bonds is 8. The number of hydrogen-bond acceptors (Lipinski definition) is 7. The van der Waals surface area contributed by atoms with Crippen LogP contribution in [0.2, 0.25) is 0 Å². The number of carbonyl (C=O) groups excluding carboxylic acids is 3. The van der Waals surface area contributed by atoms with E-state index in [9.17, 15) is 14.4 Å². The van der Waals surface area contributed by atoms with Crippen LogP contribution in [0.3, 0.4) is 0 Å². The number of hydrogen-bond donors (Lipinski definition) is 3. The summed E-state index contributed by atoms with van der Waals surface area (Å²) < 4.78 is 10.4. The average Bonchev–Trinajstić information content (AvgIpc) is 3.98. The van der Waals surface area contributed by atoms with Crippen molar-refractivity contribution in [1.82, 2.24) is 35.1 Å². The number of carbonyl (C=O) groups is 3. The molecule has 7 rings (SSSR count). The van der Waals surface area contributed by atoms with Crippen molar-refractivity contribution in [1.29, 1.82) is 0 Å². The molecular formula is C42H49N7O5. The Hall–Kier alpha value is -5.65. The van der Waals surface area contributed by atoms with Crippen LogP contribution < -0.4 is 5.32 Å². The maximum Gasteiger partial charge on any atom is 0.410 e. The topological polar surface area (TPSA) is 146 Å². The number of benzene rings is 3. The van der Waals surface area contributed by atoms with Crippen molar-refractivity contribution >= 4 is 28.9 Å². The lowest BCUT2D eigenvalue weighted by Gasteiger charge is -2.30. The molecule has 5 aromatic rings. The number of ether oxygens (including phenoxy) is 2. The fourth-order valence-electron chi connectivity index (χ4n) is 7.52. The van der Waals surface area contributed by atoms with Gasteiger partial charge in [-0.1, -0.05) is 62.4 Å². The minimum atomic E-state index is -0.679. The smallest absolute Gasteiger partial charge is 0.410 e. The number of aromatic nitrogens is 4. The van der Waals surface area contributed by atoms with Gasteiger partial charge in [0.1, 0.15) is 23.3 Å². The minimum absolute atomic E-state index is 0.0963. The maximum atomic E-state index is 13.6. The van der Waals surface area contributed by atoms with Crippen LogP contribution in [-0.2, 0) is 14.3 Å². The molecule has 3 amide bonds. The average molecular weight is 732 g/mol. The molecule has 3 N–H and O–H groups in total. The summed E-state index contributed by atoms with van der Waals surface area (Å²) in [7, 11) is 1.30. The summed E-state index contributed by atoms with van der Waals surface area (Å²) in [5.41, 5.74) is 5.48. The molecule has 282 valence electrons. The van der Waals surface area contributed by atoms with Gasteiger partial charge < -0.3 is 29.7 Å². The number of fused-ring (bicyclic) bond motifs is 1. The zero-order valence-electron chi connectivity index (χ0n) is 31.8. The van der Waals surface area contributed by atoms with Gasteiger partial charge >= 0.3 is 12.2 Å². The molecule has 3 aromatic carbocycles. The van der Waals surface area contributed by atoms with Crippen LogP contribution in [0.5, 0.6) is 0 Å². The number of nitrogens with zero attached hydrogens (tertiary/aromatic N) is 4. The normalized spacial score (nSPS) is 18.0. The molecule has 2 aliphatic heterocycles. The van der Waals surface area contributed by atoms with E-state index >= 15 is 0 Å². The summed E-state index contributed by atoms with van der Waals surface area (Å²) in [4.78, 5) is 58.2. The second kappa shape index (κ2) is 15.0. The Kier molecular flexibility index (Phi) is 10.2. The number of methoxy groups -OCH3 is 1. The Morgan fingerprint density at radius 3 is 1.87 bits per heavy atom. The summed E-state index contributed by atoms with van der Waals surface area (Å²) in [6.45, 7) is 10.7. The van der Waals surface area contributed by atoms with E-state index in [1.807, 2.05) is 51.9 Å². The molecule has 2 aliphatic rings. The predicted molar refractivity (Wildman–Crippen MR) is 207 cm³/mol. The van der Waals surface area contributed by atoms with Crippen molar-refractivity contribution in [3.8, 4) is 33.6 Å². The highest BCUT2D eigenvalue weighted by atomic mass is 16.6. The molecular weight excluding hydrogens is 683 g/mol. The van der Waals surface area contributed by atoms with Gasteiger partial charge in [-0.05, 0) is 92.0 Å². The largest absolute Gasteiger partial charge is 0.453 e. The molecule has 2 aromatic heterocycles. The third kappa shape index (κ3) is 7.69. The third-order valence-corrected chi connectivity index (χ3v) is 10.3. The van der Waals surface area contributed by atoms with E-state index in [2.05, 4.69) is 80.9 Å². The lowest BCUT2D eigenvalue weighted by molar-refractivity contribution is -0.135. The van der Waals surface area contributed by atoms with Crippen molar-refractivity contribution in [2.45, 2.75) is 84.0 Å². The molecule has 0 spiro atoms. The number of imidazole rings is 2. The Bertz CT molecular complexity index is 2150. The Morgan fingerprint density at radius 1 is 0.759 bits per heavy atom. The SMILES string of the molecule is COC(=O)N[C@H](C(=O)N1CCC[C@H]1c1ncc(-c2ccc3cc(-c4ccc(-c5cnc([C@@H]6CCCN6C(=O)OC(C)(C)C)[nH]5)cc4)ccc3c2)[nH]1)C(C)C. The van der Waals surface area contributed by atoms with Gasteiger partial charge in [0.25, 0.3) is 0 Å². The van der Waals surface area contributed by atoms with Crippen LogP contribution in [0, 0.1) is 5.92 Å². The van der Waals surface area contributed by atoms with Crippen molar-refractivity contribution in [2.24, 2.45) is 5.92 Å². The first kappa shape index (κ1) is 36.7. The molecule has 3 atom stereocenters. The van der Waals surface area contributed by atoms with E-state index in [0.717, 1.165) is 81.7 Å². The van der Waals surface area contributed by atoms with E-state index in [4.69, 9.17) is 14.5 Å². The van der Waals surface area contributed by atoms with Crippen LogP contribution in [0.1, 0.15) is 84.0 Å². The maximum absolute atomic E-state index is 13.6. The quantitative estimate of drug-likeness (QED) is 0.145. The number of aromatic amines is 2. The Morgan fingerprint density at radius 2 is 1.28 bits per heavy atom. The summed E-state index contributed by atoms with van der Waals surface area (Å²) >= 11 is 0. The molecule has 0 bridgehead atoms. The molecule has 54 heavy (non-hydrogen) atoms. The van der Waals surface area contributed by atoms with Gasteiger partial charge in [0.05, 0.1) is 43.0 Å². The van der Waals surface area contributed by atoms with Gasteiger partial charge in [-0.25, -0.2) is 19.6 Å². The highest BCUT2D eigenvalue weighted by Crippen LogP contribution is 2.35. The first-order valence-corrected chi connectivity index (χ1v) is 18.8. The standard InChI is InChI=1S/C42H49N7O5/c1-25(2)36(47-40(51)53-6)39(50)48-19-7-9-34(48)37-44-24-33(46-37)31-18-17-29-21-28(15-16-30(29)22-31)26-11-13-27(14-12-26)32-23-43-38(45-32)35-10-8-20-49(35)41(52)54-42(3,4)5/h11-18,21-25,34-36H,7-10,19-20H2,1-6H3,(H,43,45)(H,44,46)(H,47,51)/t34-,35-,36-/m0/s1. The summed E-state index contributed by atoms with van der Waals surface area (Å²) in [5.74, 6) is 1.29. The third-order valence-electron chi connectivity index (χ3n) is 10.3. The Balaban J connectivity index is 1.03. The van der Waals surface area contributed by atoms with Gasteiger partial charge in [-0.3, -0.25) is 9.69 Å². The first-order chi connectivity index (χ1) is 25.9.